The average Bonchev–Trinajstić information content (AvgIpc) is 2.38. The van der Waals surface area contributed by atoms with Crippen molar-refractivity contribution in [1.29, 1.82) is 0 Å². The average molecular weight is 300 g/mol. The lowest BCUT2D eigenvalue weighted by Gasteiger charge is -2.39. The van der Waals surface area contributed by atoms with Gasteiger partial charge >= 0.3 is 12.0 Å². The summed E-state index contributed by atoms with van der Waals surface area (Å²) < 4.78 is 5.01. The van der Waals surface area contributed by atoms with E-state index < -0.39 is 11.5 Å². The van der Waals surface area contributed by atoms with Crippen LogP contribution in [0.5, 0.6) is 0 Å². The van der Waals surface area contributed by atoms with Crippen LogP contribution in [-0.4, -0.2) is 53.8 Å². The Kier molecular flexibility index (Phi) is 6.45. The van der Waals surface area contributed by atoms with Crippen LogP contribution in [0.1, 0.15) is 46.5 Å². The predicted octanol–water partition coefficient (Wildman–Crippen LogP) is 2.09. The largest absolute Gasteiger partial charge is 0.480 e. The smallest absolute Gasteiger partial charge is 0.329 e. The molecule has 0 spiro atoms. The molecule has 0 aromatic heterocycles. The molecule has 21 heavy (non-hydrogen) atoms. The number of carboxylic acids is 1. The summed E-state index contributed by atoms with van der Waals surface area (Å²) in [4.78, 5) is 25.8. The van der Waals surface area contributed by atoms with Crippen molar-refractivity contribution in [3.8, 4) is 0 Å². The van der Waals surface area contributed by atoms with E-state index in [1.165, 1.54) is 0 Å². The Labute approximate surface area is 126 Å². The zero-order chi connectivity index (χ0) is 16.0. The van der Waals surface area contributed by atoms with Gasteiger partial charge in [-0.25, -0.2) is 9.59 Å². The number of rotatable bonds is 6. The molecule has 0 radical (unpaired) electrons. The standard InChI is InChI=1S/C15H28N2O4/c1-11(2)17(8-9-21-4)14(20)16-15(13(18)19)7-5-6-12(3)10-15/h11-12H,5-10H2,1-4H3,(H,16,20)(H,18,19). The monoisotopic (exact) mass is 300 g/mol. The number of carboxylic acid groups (broad SMARTS) is 1. The van der Waals surface area contributed by atoms with Gasteiger partial charge in [-0.1, -0.05) is 19.8 Å². The fraction of sp³-hybridized carbons (Fsp3) is 0.867. The fourth-order valence-corrected chi connectivity index (χ4v) is 2.97. The van der Waals surface area contributed by atoms with Gasteiger partial charge in [0.05, 0.1) is 6.61 Å². The molecule has 6 heteroatoms. The van der Waals surface area contributed by atoms with Crippen LogP contribution in [0.3, 0.4) is 0 Å². The fourth-order valence-electron chi connectivity index (χ4n) is 2.97. The molecule has 0 aromatic rings. The van der Waals surface area contributed by atoms with Gasteiger partial charge in [0, 0.05) is 19.7 Å². The first-order chi connectivity index (χ1) is 9.82. The molecule has 1 saturated carbocycles. The minimum atomic E-state index is -1.13. The molecule has 1 aliphatic rings. The first-order valence-electron chi connectivity index (χ1n) is 7.63. The second kappa shape index (κ2) is 7.64. The lowest BCUT2D eigenvalue weighted by Crippen LogP contribution is -2.60. The lowest BCUT2D eigenvalue weighted by atomic mass is 9.76. The molecule has 6 nitrogen and oxygen atoms in total. The van der Waals surface area contributed by atoms with Crippen LogP contribution < -0.4 is 5.32 Å². The molecule has 2 amide bonds. The van der Waals surface area contributed by atoms with Crippen molar-refractivity contribution in [2.75, 3.05) is 20.3 Å². The van der Waals surface area contributed by atoms with Gasteiger partial charge in [0.15, 0.2) is 0 Å². The normalized spacial score (nSPS) is 25.7. The van der Waals surface area contributed by atoms with E-state index in [9.17, 15) is 14.7 Å². The van der Waals surface area contributed by atoms with Crippen molar-refractivity contribution >= 4 is 12.0 Å². The van der Waals surface area contributed by atoms with Crippen molar-refractivity contribution in [2.45, 2.75) is 58.0 Å². The van der Waals surface area contributed by atoms with Crippen LogP contribution in [0.25, 0.3) is 0 Å². The number of hydrogen-bond acceptors (Lipinski definition) is 3. The molecule has 0 aliphatic heterocycles. The van der Waals surface area contributed by atoms with Crippen molar-refractivity contribution in [2.24, 2.45) is 5.92 Å². The van der Waals surface area contributed by atoms with Crippen LogP contribution in [0.4, 0.5) is 4.79 Å². The van der Waals surface area contributed by atoms with Crippen molar-refractivity contribution in [3.63, 3.8) is 0 Å². The number of nitrogens with zero attached hydrogens (tertiary/aromatic N) is 1. The Bertz CT molecular complexity index is 373. The van der Waals surface area contributed by atoms with Crippen molar-refractivity contribution in [3.05, 3.63) is 0 Å². The van der Waals surface area contributed by atoms with Gasteiger partial charge in [-0.2, -0.15) is 0 Å². The highest BCUT2D eigenvalue weighted by atomic mass is 16.5. The van der Waals surface area contributed by atoms with E-state index in [-0.39, 0.29) is 12.1 Å². The Morgan fingerprint density at radius 1 is 1.48 bits per heavy atom. The number of methoxy groups -OCH3 is 1. The third-order valence-corrected chi connectivity index (χ3v) is 4.17. The summed E-state index contributed by atoms with van der Waals surface area (Å²) in [7, 11) is 1.58. The number of hydrogen-bond donors (Lipinski definition) is 2. The van der Waals surface area contributed by atoms with Gasteiger partial charge in [-0.3, -0.25) is 0 Å². The first kappa shape index (κ1) is 17.8. The number of nitrogens with one attached hydrogen (secondary N) is 1. The van der Waals surface area contributed by atoms with Crippen LogP contribution in [0, 0.1) is 5.92 Å². The second-order valence-electron chi connectivity index (χ2n) is 6.30. The number of carbonyl (C=O) groups is 2. The van der Waals surface area contributed by atoms with Gasteiger partial charge in [-0.15, -0.1) is 0 Å². The van der Waals surface area contributed by atoms with E-state index in [4.69, 9.17) is 4.74 Å². The molecule has 2 N–H and O–H groups in total. The molecule has 0 saturated heterocycles. The predicted molar refractivity (Wildman–Crippen MR) is 80.2 cm³/mol. The number of carbonyl (C=O) groups excluding carboxylic acids is 1. The zero-order valence-corrected chi connectivity index (χ0v) is 13.5. The topological polar surface area (TPSA) is 78.9 Å². The van der Waals surface area contributed by atoms with Gasteiger partial charge in [-0.05, 0) is 32.6 Å². The van der Waals surface area contributed by atoms with E-state index in [0.29, 0.717) is 31.9 Å². The van der Waals surface area contributed by atoms with Crippen LogP contribution in [0.2, 0.25) is 0 Å². The van der Waals surface area contributed by atoms with E-state index in [1.54, 1.807) is 12.0 Å². The minimum Gasteiger partial charge on any atom is -0.480 e. The van der Waals surface area contributed by atoms with E-state index in [1.807, 2.05) is 20.8 Å². The minimum absolute atomic E-state index is 0.00740. The SMILES string of the molecule is COCCN(C(=O)NC1(C(=O)O)CCCC(C)C1)C(C)C. The van der Waals surface area contributed by atoms with Gasteiger partial charge in [0.1, 0.15) is 5.54 Å². The maximum absolute atomic E-state index is 12.5. The zero-order valence-electron chi connectivity index (χ0n) is 13.5. The number of urea groups is 1. The number of aliphatic carboxylic acids is 1. The Hall–Kier alpha value is -1.30. The highest BCUT2D eigenvalue weighted by molar-refractivity contribution is 5.86. The lowest BCUT2D eigenvalue weighted by molar-refractivity contribution is -0.146. The summed E-state index contributed by atoms with van der Waals surface area (Å²) >= 11 is 0. The van der Waals surface area contributed by atoms with E-state index in [0.717, 1.165) is 12.8 Å². The maximum Gasteiger partial charge on any atom is 0.329 e. The third kappa shape index (κ3) is 4.59. The van der Waals surface area contributed by atoms with Gasteiger partial charge in [0.25, 0.3) is 0 Å². The number of ether oxygens (including phenoxy) is 1. The van der Waals surface area contributed by atoms with Gasteiger partial charge < -0.3 is 20.1 Å². The molecular formula is C15H28N2O4. The summed E-state index contributed by atoms with van der Waals surface area (Å²) in [6.45, 7) is 6.74. The molecule has 0 aromatic carbocycles. The molecule has 2 unspecified atom stereocenters. The maximum atomic E-state index is 12.5. The van der Waals surface area contributed by atoms with E-state index in [2.05, 4.69) is 5.32 Å². The third-order valence-electron chi connectivity index (χ3n) is 4.17. The summed E-state index contributed by atoms with van der Waals surface area (Å²) in [6.07, 6.45) is 2.83. The van der Waals surface area contributed by atoms with E-state index >= 15 is 0 Å². The van der Waals surface area contributed by atoms with Crippen LogP contribution >= 0.6 is 0 Å². The van der Waals surface area contributed by atoms with Gasteiger partial charge in [0.2, 0.25) is 0 Å². The molecular weight excluding hydrogens is 272 g/mol. The Balaban J connectivity index is 2.82. The molecule has 1 fully saturated rings. The molecule has 0 bridgehead atoms. The number of amides is 2. The Morgan fingerprint density at radius 3 is 2.62 bits per heavy atom. The molecule has 2 atom stereocenters. The molecule has 122 valence electrons. The van der Waals surface area contributed by atoms with Crippen molar-refractivity contribution < 1.29 is 19.4 Å². The highest BCUT2D eigenvalue weighted by Gasteiger charge is 2.44. The van der Waals surface area contributed by atoms with Crippen LogP contribution in [-0.2, 0) is 9.53 Å². The molecule has 0 heterocycles. The Morgan fingerprint density at radius 2 is 2.14 bits per heavy atom. The summed E-state index contributed by atoms with van der Waals surface area (Å²) in [6, 6.07) is -0.328. The molecule has 1 rings (SSSR count). The van der Waals surface area contributed by atoms with Crippen molar-refractivity contribution in [1.82, 2.24) is 10.2 Å². The summed E-state index contributed by atoms with van der Waals surface area (Å²) in [5.74, 6) is -0.625. The molecule has 1 aliphatic carbocycles. The van der Waals surface area contributed by atoms with Crippen LogP contribution in [0.15, 0.2) is 0 Å². The quantitative estimate of drug-likeness (QED) is 0.787. The summed E-state index contributed by atoms with van der Waals surface area (Å²) in [5, 5.41) is 12.4. The first-order valence-corrected chi connectivity index (χ1v) is 7.63. The highest BCUT2D eigenvalue weighted by Crippen LogP contribution is 2.32. The summed E-state index contributed by atoms with van der Waals surface area (Å²) in [5.41, 5.74) is -1.13. The second-order valence-corrected chi connectivity index (χ2v) is 6.30.